The Labute approximate surface area is 181 Å². The van der Waals surface area contributed by atoms with Crippen LogP contribution in [0.4, 0.5) is 18.9 Å². The van der Waals surface area contributed by atoms with E-state index in [-0.39, 0.29) is 29.0 Å². The van der Waals surface area contributed by atoms with Crippen LogP contribution in [0.5, 0.6) is 0 Å². The average Bonchev–Trinajstić information content (AvgIpc) is 2.76. The quantitative estimate of drug-likeness (QED) is 0.575. The van der Waals surface area contributed by atoms with E-state index in [1.807, 2.05) is 11.9 Å². The number of aromatic nitrogens is 2. The summed E-state index contributed by atoms with van der Waals surface area (Å²) >= 11 is 0. The van der Waals surface area contributed by atoms with Crippen molar-refractivity contribution in [3.05, 3.63) is 63.8 Å². The number of hydrogen-bond donors (Lipinski definition) is 0. The summed E-state index contributed by atoms with van der Waals surface area (Å²) in [5, 5.41) is -0.338. The van der Waals surface area contributed by atoms with E-state index < -0.39 is 34.4 Å². The molecule has 32 heavy (non-hydrogen) atoms. The van der Waals surface area contributed by atoms with E-state index in [1.165, 1.54) is 6.07 Å². The topological polar surface area (TPSA) is 67.7 Å². The predicted octanol–water partition coefficient (Wildman–Crippen LogP) is 2.73. The van der Waals surface area contributed by atoms with Crippen LogP contribution in [0.3, 0.4) is 0 Å². The Hall–Kier alpha value is -3.40. The van der Waals surface area contributed by atoms with Gasteiger partial charge < -0.3 is 14.5 Å². The zero-order valence-corrected chi connectivity index (χ0v) is 17.6. The summed E-state index contributed by atoms with van der Waals surface area (Å²) in [6.45, 7) is 3.61. The fourth-order valence-electron chi connectivity index (χ4n) is 3.77. The Morgan fingerprint density at radius 2 is 1.88 bits per heavy atom. The lowest BCUT2D eigenvalue weighted by Crippen LogP contribution is -2.45. The Balaban J connectivity index is 2.02. The molecule has 3 aromatic rings. The summed E-state index contributed by atoms with van der Waals surface area (Å²) in [5.41, 5.74) is -1.78. The van der Waals surface area contributed by atoms with Gasteiger partial charge >= 0.3 is 5.97 Å². The van der Waals surface area contributed by atoms with Crippen LogP contribution in [0.2, 0.25) is 0 Å². The summed E-state index contributed by atoms with van der Waals surface area (Å²) in [4.78, 5) is 32.9. The number of anilines is 1. The lowest BCUT2D eigenvalue weighted by Gasteiger charge is -2.34. The standard InChI is InChI=1S/C22H21F3N4O3/c1-3-32-22(31)15-12-29(17-5-4-13(23)11-26-17)19-14(21(15)30)10-16(24)20(18(19)25)28-8-6-27(2)7-9-28/h4-5,10-12H,3,6-9H2,1-2H3. The summed E-state index contributed by atoms with van der Waals surface area (Å²) in [6, 6.07) is 3.31. The fraction of sp³-hybridized carbons (Fsp3) is 0.318. The molecule has 0 atom stereocenters. The number of hydrogen-bond acceptors (Lipinski definition) is 6. The van der Waals surface area contributed by atoms with E-state index in [0.717, 1.165) is 29.1 Å². The molecule has 0 aliphatic carbocycles. The van der Waals surface area contributed by atoms with Gasteiger partial charge in [0.05, 0.1) is 23.7 Å². The molecule has 1 saturated heterocycles. The van der Waals surface area contributed by atoms with E-state index in [4.69, 9.17) is 4.74 Å². The van der Waals surface area contributed by atoms with Gasteiger partial charge in [-0.2, -0.15) is 0 Å². The number of esters is 1. The molecule has 1 aliphatic rings. The molecule has 1 aliphatic heterocycles. The van der Waals surface area contributed by atoms with Crippen LogP contribution in [-0.4, -0.2) is 60.3 Å². The first-order valence-electron chi connectivity index (χ1n) is 10.1. The lowest BCUT2D eigenvalue weighted by atomic mass is 10.1. The van der Waals surface area contributed by atoms with Crippen LogP contribution in [-0.2, 0) is 4.74 Å². The van der Waals surface area contributed by atoms with Crippen molar-refractivity contribution in [2.45, 2.75) is 6.92 Å². The minimum atomic E-state index is -0.955. The van der Waals surface area contributed by atoms with E-state index in [2.05, 4.69) is 4.98 Å². The van der Waals surface area contributed by atoms with Gasteiger partial charge in [0.15, 0.2) is 5.82 Å². The molecular formula is C22H21F3N4O3. The second-order valence-corrected chi connectivity index (χ2v) is 7.50. The molecule has 1 aromatic carbocycles. The van der Waals surface area contributed by atoms with Crippen molar-refractivity contribution in [1.29, 1.82) is 0 Å². The normalized spacial score (nSPS) is 14.7. The predicted molar refractivity (Wildman–Crippen MR) is 113 cm³/mol. The summed E-state index contributed by atoms with van der Waals surface area (Å²) in [7, 11) is 1.92. The maximum Gasteiger partial charge on any atom is 0.343 e. The van der Waals surface area contributed by atoms with Crippen molar-refractivity contribution in [2.24, 2.45) is 0 Å². The minimum Gasteiger partial charge on any atom is -0.462 e. The van der Waals surface area contributed by atoms with E-state index in [1.54, 1.807) is 11.8 Å². The number of benzene rings is 1. The summed E-state index contributed by atoms with van der Waals surface area (Å²) < 4.78 is 50.4. The summed E-state index contributed by atoms with van der Waals surface area (Å²) in [5.74, 6) is -3.36. The number of carbonyl (C=O) groups is 1. The first-order chi connectivity index (χ1) is 15.3. The minimum absolute atomic E-state index is 0.0101. The highest BCUT2D eigenvalue weighted by atomic mass is 19.1. The molecule has 0 bridgehead atoms. The van der Waals surface area contributed by atoms with Gasteiger partial charge in [0.25, 0.3) is 0 Å². The first-order valence-corrected chi connectivity index (χ1v) is 10.1. The van der Waals surface area contributed by atoms with Crippen LogP contribution in [0.25, 0.3) is 16.7 Å². The Morgan fingerprint density at radius 1 is 1.16 bits per heavy atom. The molecule has 4 rings (SSSR count). The molecule has 0 radical (unpaired) electrons. The van der Waals surface area contributed by atoms with Crippen molar-refractivity contribution < 1.29 is 22.7 Å². The number of piperazine rings is 1. The van der Waals surface area contributed by atoms with Crippen molar-refractivity contribution in [2.75, 3.05) is 44.7 Å². The lowest BCUT2D eigenvalue weighted by molar-refractivity contribution is 0.0524. The van der Waals surface area contributed by atoms with Crippen LogP contribution in [0.15, 0.2) is 35.4 Å². The molecule has 2 aromatic heterocycles. The first kappa shape index (κ1) is 21.8. The number of halogens is 3. The van der Waals surface area contributed by atoms with Crippen LogP contribution in [0, 0.1) is 17.5 Å². The monoisotopic (exact) mass is 446 g/mol. The molecule has 0 unspecified atom stereocenters. The van der Waals surface area contributed by atoms with Gasteiger partial charge in [-0.25, -0.2) is 22.9 Å². The van der Waals surface area contributed by atoms with Crippen LogP contribution in [0.1, 0.15) is 17.3 Å². The van der Waals surface area contributed by atoms with E-state index in [0.29, 0.717) is 26.2 Å². The van der Waals surface area contributed by atoms with Crippen molar-refractivity contribution in [3.63, 3.8) is 0 Å². The molecular weight excluding hydrogens is 425 g/mol. The maximum absolute atomic E-state index is 15.8. The van der Waals surface area contributed by atoms with E-state index in [9.17, 15) is 14.0 Å². The van der Waals surface area contributed by atoms with Crippen molar-refractivity contribution in [1.82, 2.24) is 14.5 Å². The second-order valence-electron chi connectivity index (χ2n) is 7.50. The van der Waals surface area contributed by atoms with Crippen LogP contribution >= 0.6 is 0 Å². The number of carbonyl (C=O) groups excluding carboxylic acids is 1. The van der Waals surface area contributed by atoms with E-state index >= 15 is 8.78 Å². The Bertz CT molecular complexity index is 1240. The molecule has 1 fully saturated rings. The SMILES string of the molecule is CCOC(=O)c1cn(-c2ccc(F)cn2)c2c(F)c(N3CCN(C)CC3)c(F)cc2c1=O. The molecule has 0 saturated carbocycles. The maximum atomic E-state index is 15.8. The van der Waals surface area contributed by atoms with Gasteiger partial charge in [-0.1, -0.05) is 0 Å². The highest BCUT2D eigenvalue weighted by Crippen LogP contribution is 2.31. The molecule has 168 valence electrons. The third kappa shape index (κ3) is 3.81. The number of rotatable bonds is 4. The Kier molecular flexibility index (Phi) is 5.88. The molecule has 0 N–H and O–H groups in total. The third-order valence-corrected chi connectivity index (χ3v) is 5.43. The van der Waals surface area contributed by atoms with Gasteiger partial charge in [-0.3, -0.25) is 9.36 Å². The van der Waals surface area contributed by atoms with Crippen molar-refractivity contribution in [3.8, 4) is 5.82 Å². The highest BCUT2D eigenvalue weighted by molar-refractivity contribution is 5.95. The number of ether oxygens (including phenoxy) is 1. The van der Waals surface area contributed by atoms with Crippen molar-refractivity contribution >= 4 is 22.6 Å². The zero-order valence-electron chi connectivity index (χ0n) is 17.6. The highest BCUT2D eigenvalue weighted by Gasteiger charge is 2.27. The van der Waals surface area contributed by atoms with Crippen LogP contribution < -0.4 is 10.3 Å². The van der Waals surface area contributed by atoms with Gasteiger partial charge in [-0.15, -0.1) is 0 Å². The van der Waals surface area contributed by atoms with Gasteiger partial charge in [0.2, 0.25) is 5.43 Å². The largest absolute Gasteiger partial charge is 0.462 e. The second kappa shape index (κ2) is 8.62. The van der Waals surface area contributed by atoms with Gasteiger partial charge in [-0.05, 0) is 32.2 Å². The summed E-state index contributed by atoms with van der Waals surface area (Å²) in [6.07, 6.45) is 2.02. The number of pyridine rings is 2. The molecule has 3 heterocycles. The Morgan fingerprint density at radius 3 is 2.50 bits per heavy atom. The molecule has 7 nitrogen and oxygen atoms in total. The number of fused-ring (bicyclic) bond motifs is 1. The van der Waals surface area contributed by atoms with Gasteiger partial charge in [0.1, 0.15) is 28.7 Å². The molecule has 10 heteroatoms. The molecule has 0 amide bonds. The number of nitrogens with zero attached hydrogens (tertiary/aromatic N) is 4. The third-order valence-electron chi connectivity index (χ3n) is 5.43. The average molecular weight is 446 g/mol. The number of likely N-dealkylation sites (N-methyl/N-ethyl adjacent to an activating group) is 1. The molecule has 0 spiro atoms. The van der Waals surface area contributed by atoms with Gasteiger partial charge in [0, 0.05) is 32.4 Å². The zero-order chi connectivity index (χ0) is 23.0. The smallest absolute Gasteiger partial charge is 0.343 e. The fourth-order valence-corrected chi connectivity index (χ4v) is 3.77.